The highest BCUT2D eigenvalue weighted by atomic mass is 19.4. The molecule has 31 heavy (non-hydrogen) atoms. The van der Waals surface area contributed by atoms with Gasteiger partial charge in [0.2, 0.25) is 5.95 Å². The highest BCUT2D eigenvalue weighted by Crippen LogP contribution is 2.29. The molecule has 0 aliphatic rings. The average Bonchev–Trinajstić information content (AvgIpc) is 3.25. The number of hydrogen-bond acceptors (Lipinski definition) is 6. The van der Waals surface area contributed by atoms with Crippen LogP contribution in [0.15, 0.2) is 48.5 Å². The molecule has 0 fully saturated rings. The minimum absolute atomic E-state index is 0.250. The van der Waals surface area contributed by atoms with Crippen LogP contribution in [-0.2, 0) is 20.9 Å². The summed E-state index contributed by atoms with van der Waals surface area (Å²) in [4.78, 5) is 23.9. The first-order valence-corrected chi connectivity index (χ1v) is 8.93. The number of carbonyl (C=O) groups excluding carboxylic acids is 2. The van der Waals surface area contributed by atoms with Gasteiger partial charge in [-0.15, -0.1) is 13.2 Å². The third-order valence-electron chi connectivity index (χ3n) is 4.25. The van der Waals surface area contributed by atoms with Gasteiger partial charge in [0.1, 0.15) is 11.6 Å². The van der Waals surface area contributed by atoms with Crippen molar-refractivity contribution >= 4 is 39.9 Å². The number of ether oxygens (including phenoxy) is 2. The number of anilines is 2. The number of aromatic amines is 1. The third-order valence-corrected chi connectivity index (χ3v) is 4.25. The van der Waals surface area contributed by atoms with Gasteiger partial charge in [0.25, 0.3) is 0 Å². The molecule has 4 aromatic rings. The Labute approximate surface area is 173 Å². The van der Waals surface area contributed by atoms with Crippen LogP contribution in [0.3, 0.4) is 0 Å². The number of aromatic nitrogens is 3. The molecule has 2 heterocycles. The SMILES string of the molecule is COCCn1c(Nc2cc3ccc(OC(F)(F)F)cc3[nH]2)nc2ccccc21.O=C=O. The summed E-state index contributed by atoms with van der Waals surface area (Å²) in [5.41, 5.74) is 2.31. The van der Waals surface area contributed by atoms with Crippen LogP contribution in [0.1, 0.15) is 0 Å². The zero-order valence-electron chi connectivity index (χ0n) is 16.2. The summed E-state index contributed by atoms with van der Waals surface area (Å²) in [5.74, 6) is 0.936. The first kappa shape index (κ1) is 21.9. The van der Waals surface area contributed by atoms with E-state index in [4.69, 9.17) is 14.3 Å². The number of halogens is 3. The van der Waals surface area contributed by atoms with E-state index in [9.17, 15) is 13.2 Å². The fourth-order valence-corrected chi connectivity index (χ4v) is 3.07. The van der Waals surface area contributed by atoms with Crippen LogP contribution in [0.2, 0.25) is 0 Å². The second kappa shape index (κ2) is 9.33. The number of methoxy groups -OCH3 is 1. The van der Waals surface area contributed by atoms with Crippen LogP contribution >= 0.6 is 0 Å². The number of imidazole rings is 1. The molecule has 0 atom stereocenters. The molecule has 0 unspecified atom stereocenters. The highest BCUT2D eigenvalue weighted by Gasteiger charge is 2.31. The summed E-state index contributed by atoms with van der Waals surface area (Å²) in [5, 5.41) is 3.95. The van der Waals surface area contributed by atoms with E-state index in [2.05, 4.69) is 20.0 Å². The third kappa shape index (κ3) is 5.41. The molecule has 2 N–H and O–H groups in total. The second-order valence-electron chi connectivity index (χ2n) is 6.26. The number of hydrogen-bond donors (Lipinski definition) is 2. The van der Waals surface area contributed by atoms with E-state index in [1.807, 2.05) is 28.8 Å². The molecule has 2 aromatic heterocycles. The summed E-state index contributed by atoms with van der Waals surface area (Å²) in [6.07, 6.45) is -4.48. The van der Waals surface area contributed by atoms with Crippen molar-refractivity contribution in [2.45, 2.75) is 12.9 Å². The minimum atomic E-state index is -4.73. The Morgan fingerprint density at radius 3 is 2.61 bits per heavy atom. The lowest BCUT2D eigenvalue weighted by Crippen LogP contribution is -2.16. The first-order chi connectivity index (χ1) is 14.8. The Kier molecular flexibility index (Phi) is 6.58. The topological polar surface area (TPSA) is 98.2 Å². The van der Waals surface area contributed by atoms with Crippen molar-refractivity contribution in [2.75, 3.05) is 19.0 Å². The number of fused-ring (bicyclic) bond motifs is 2. The molecule has 0 aliphatic heterocycles. The average molecular weight is 434 g/mol. The monoisotopic (exact) mass is 434 g/mol. The lowest BCUT2D eigenvalue weighted by atomic mass is 10.2. The number of benzene rings is 2. The Bertz CT molecular complexity index is 1210. The van der Waals surface area contributed by atoms with Crippen LogP contribution in [-0.4, -0.2) is 40.8 Å². The van der Waals surface area contributed by atoms with Gasteiger partial charge < -0.3 is 24.3 Å². The van der Waals surface area contributed by atoms with E-state index in [1.54, 1.807) is 19.2 Å². The molecule has 0 saturated carbocycles. The van der Waals surface area contributed by atoms with Crippen LogP contribution in [0.4, 0.5) is 24.9 Å². The van der Waals surface area contributed by atoms with E-state index in [-0.39, 0.29) is 11.9 Å². The number of nitrogens with zero attached hydrogens (tertiary/aromatic N) is 2. The van der Waals surface area contributed by atoms with Gasteiger partial charge in [-0.05, 0) is 30.3 Å². The van der Waals surface area contributed by atoms with Gasteiger partial charge in [-0.3, -0.25) is 0 Å². The number of para-hydroxylation sites is 2. The van der Waals surface area contributed by atoms with E-state index in [0.717, 1.165) is 16.4 Å². The number of rotatable bonds is 6. The fourth-order valence-electron chi connectivity index (χ4n) is 3.07. The molecule has 11 heteroatoms. The van der Waals surface area contributed by atoms with Gasteiger partial charge in [-0.2, -0.15) is 9.59 Å². The van der Waals surface area contributed by atoms with Crippen molar-refractivity contribution in [1.29, 1.82) is 0 Å². The van der Waals surface area contributed by atoms with Gasteiger partial charge in [-0.25, -0.2) is 4.98 Å². The summed E-state index contributed by atoms with van der Waals surface area (Å²) in [6, 6.07) is 13.7. The van der Waals surface area contributed by atoms with Crippen LogP contribution < -0.4 is 10.1 Å². The molecule has 8 nitrogen and oxygen atoms in total. The predicted molar refractivity (Wildman–Crippen MR) is 105 cm³/mol. The van der Waals surface area contributed by atoms with Crippen molar-refractivity contribution in [2.24, 2.45) is 0 Å². The van der Waals surface area contributed by atoms with Crippen LogP contribution in [0.25, 0.3) is 21.9 Å². The molecule has 162 valence electrons. The maximum atomic E-state index is 12.4. The molecule has 0 aliphatic carbocycles. The Hall–Kier alpha value is -3.82. The Morgan fingerprint density at radius 2 is 1.90 bits per heavy atom. The molecular formula is C20H17F3N4O4. The standard InChI is InChI=1S/C19H17F3N4O2.CO2/c1-27-9-8-26-16-5-3-2-4-14(16)24-18(26)25-17-10-12-6-7-13(11-15(12)23-17)28-19(20,21)22;2-1-3/h2-7,10-11,23H,8-9H2,1H3,(H,24,25);. The number of H-pyrrole nitrogens is 1. The van der Waals surface area contributed by atoms with E-state index < -0.39 is 6.36 Å². The largest absolute Gasteiger partial charge is 0.573 e. The van der Waals surface area contributed by atoms with Crippen LogP contribution in [0.5, 0.6) is 5.75 Å². The van der Waals surface area contributed by atoms with Gasteiger partial charge in [-0.1, -0.05) is 12.1 Å². The van der Waals surface area contributed by atoms with Crippen molar-refractivity contribution in [3.05, 3.63) is 48.5 Å². The second-order valence-corrected chi connectivity index (χ2v) is 6.26. The lowest BCUT2D eigenvalue weighted by Gasteiger charge is -2.09. The molecule has 4 rings (SSSR count). The van der Waals surface area contributed by atoms with Gasteiger partial charge in [0.15, 0.2) is 0 Å². The molecule has 0 radical (unpaired) electrons. The van der Waals surface area contributed by atoms with Crippen molar-refractivity contribution in [3.63, 3.8) is 0 Å². The van der Waals surface area contributed by atoms with Gasteiger partial charge >= 0.3 is 12.5 Å². The quantitative estimate of drug-likeness (QED) is 0.472. The number of nitrogens with one attached hydrogen (secondary N) is 2. The predicted octanol–water partition coefficient (Wildman–Crippen LogP) is 4.22. The molecule has 2 aromatic carbocycles. The van der Waals surface area contributed by atoms with Gasteiger partial charge in [0, 0.05) is 25.1 Å². The van der Waals surface area contributed by atoms with Crippen LogP contribution in [0, 0.1) is 0 Å². The normalized spacial score (nSPS) is 11.1. The maximum Gasteiger partial charge on any atom is 0.573 e. The molecule has 0 bridgehead atoms. The molecular weight excluding hydrogens is 417 g/mol. The highest BCUT2D eigenvalue weighted by molar-refractivity contribution is 5.86. The zero-order chi connectivity index (χ0) is 22.4. The van der Waals surface area contributed by atoms with Crippen molar-refractivity contribution in [3.8, 4) is 5.75 Å². The Morgan fingerprint density at radius 1 is 1.16 bits per heavy atom. The van der Waals surface area contributed by atoms with Crippen molar-refractivity contribution < 1.29 is 32.2 Å². The summed E-state index contributed by atoms with van der Waals surface area (Å²) < 4.78 is 48.4. The number of alkyl halides is 3. The zero-order valence-corrected chi connectivity index (χ0v) is 16.2. The Balaban J connectivity index is 0.000000858. The summed E-state index contributed by atoms with van der Waals surface area (Å²) in [6.45, 7) is 1.11. The molecule has 0 saturated heterocycles. The van der Waals surface area contributed by atoms with E-state index in [1.165, 1.54) is 12.1 Å². The summed E-state index contributed by atoms with van der Waals surface area (Å²) >= 11 is 0. The summed E-state index contributed by atoms with van der Waals surface area (Å²) in [7, 11) is 1.63. The van der Waals surface area contributed by atoms with Gasteiger partial charge in [0.05, 0.1) is 23.2 Å². The molecule has 0 spiro atoms. The first-order valence-electron chi connectivity index (χ1n) is 8.93. The maximum absolute atomic E-state index is 12.4. The fraction of sp³-hybridized carbons (Fsp3) is 0.200. The molecule has 0 amide bonds. The smallest absolute Gasteiger partial charge is 0.406 e. The van der Waals surface area contributed by atoms with E-state index in [0.29, 0.717) is 30.4 Å². The van der Waals surface area contributed by atoms with E-state index >= 15 is 0 Å². The van der Waals surface area contributed by atoms with Crippen molar-refractivity contribution in [1.82, 2.24) is 14.5 Å². The lowest BCUT2D eigenvalue weighted by molar-refractivity contribution is -0.274. The minimum Gasteiger partial charge on any atom is -0.406 e.